The lowest BCUT2D eigenvalue weighted by atomic mass is 9.97. The van der Waals surface area contributed by atoms with E-state index in [1.807, 2.05) is 35.2 Å². The molecule has 2 rings (SSSR count). The van der Waals surface area contributed by atoms with Gasteiger partial charge < -0.3 is 10.0 Å². The third-order valence-electron chi connectivity index (χ3n) is 4.16. The molecule has 0 heterocycles. The molecule has 1 saturated carbocycles. The number of carboxylic acid groups (broad SMARTS) is 1. The van der Waals surface area contributed by atoms with E-state index in [2.05, 4.69) is 13.8 Å². The van der Waals surface area contributed by atoms with E-state index in [1.54, 1.807) is 0 Å². The average molecular weight is 303 g/mol. The molecule has 4 nitrogen and oxygen atoms in total. The first-order chi connectivity index (χ1) is 10.4. The van der Waals surface area contributed by atoms with E-state index in [1.165, 1.54) is 0 Å². The van der Waals surface area contributed by atoms with Crippen LogP contribution >= 0.6 is 0 Å². The van der Waals surface area contributed by atoms with Crippen LogP contribution in [0, 0.1) is 11.3 Å². The number of carbonyl (C=O) groups is 2. The molecule has 1 aromatic carbocycles. The van der Waals surface area contributed by atoms with E-state index >= 15 is 0 Å². The number of aliphatic carboxylic acids is 1. The van der Waals surface area contributed by atoms with Crippen LogP contribution in [0.2, 0.25) is 0 Å². The van der Waals surface area contributed by atoms with Gasteiger partial charge in [-0.2, -0.15) is 0 Å². The summed E-state index contributed by atoms with van der Waals surface area (Å²) in [4.78, 5) is 25.5. The summed E-state index contributed by atoms with van der Waals surface area (Å²) in [6.07, 6.45) is 2.18. The van der Waals surface area contributed by atoms with Crippen molar-refractivity contribution in [3.05, 3.63) is 35.9 Å². The summed E-state index contributed by atoms with van der Waals surface area (Å²) in [5.74, 6) is -0.331. The van der Waals surface area contributed by atoms with E-state index in [9.17, 15) is 9.59 Å². The molecule has 0 radical (unpaired) electrons. The molecule has 0 aromatic heterocycles. The van der Waals surface area contributed by atoms with Gasteiger partial charge in [0.05, 0.1) is 6.42 Å². The van der Waals surface area contributed by atoms with Gasteiger partial charge in [-0.3, -0.25) is 9.59 Å². The molecular weight excluding hydrogens is 278 g/mol. The molecule has 22 heavy (non-hydrogen) atoms. The summed E-state index contributed by atoms with van der Waals surface area (Å²) >= 11 is 0. The highest BCUT2D eigenvalue weighted by Gasteiger charge is 2.46. The van der Waals surface area contributed by atoms with Crippen molar-refractivity contribution in [2.45, 2.75) is 46.1 Å². The Morgan fingerprint density at radius 3 is 2.32 bits per heavy atom. The Morgan fingerprint density at radius 2 is 1.82 bits per heavy atom. The van der Waals surface area contributed by atoms with Crippen molar-refractivity contribution in [1.82, 2.24) is 4.90 Å². The number of benzene rings is 1. The van der Waals surface area contributed by atoms with E-state index in [-0.39, 0.29) is 17.7 Å². The second kappa shape index (κ2) is 6.95. The largest absolute Gasteiger partial charge is 0.481 e. The zero-order valence-electron chi connectivity index (χ0n) is 13.4. The van der Waals surface area contributed by atoms with Crippen LogP contribution in [0.3, 0.4) is 0 Å². The molecule has 1 fully saturated rings. The number of carbonyl (C=O) groups excluding carboxylic acids is 1. The Kier molecular flexibility index (Phi) is 5.22. The highest BCUT2D eigenvalue weighted by molar-refractivity contribution is 5.79. The molecule has 0 atom stereocenters. The summed E-state index contributed by atoms with van der Waals surface area (Å²) in [5, 5.41) is 9.00. The second-order valence-electron chi connectivity index (χ2n) is 6.90. The lowest BCUT2D eigenvalue weighted by Crippen LogP contribution is -2.35. The first kappa shape index (κ1) is 16.5. The van der Waals surface area contributed by atoms with Crippen molar-refractivity contribution in [3.8, 4) is 0 Å². The molecule has 1 amide bonds. The van der Waals surface area contributed by atoms with E-state index in [0.29, 0.717) is 25.4 Å². The van der Waals surface area contributed by atoms with Crippen molar-refractivity contribution in [2.24, 2.45) is 11.3 Å². The Hall–Kier alpha value is -1.84. The van der Waals surface area contributed by atoms with E-state index in [4.69, 9.17) is 5.11 Å². The van der Waals surface area contributed by atoms with Crippen LogP contribution < -0.4 is 0 Å². The van der Waals surface area contributed by atoms with Crippen LogP contribution in [0.5, 0.6) is 0 Å². The third-order valence-corrected chi connectivity index (χ3v) is 4.16. The maximum absolute atomic E-state index is 12.7. The van der Waals surface area contributed by atoms with Crippen molar-refractivity contribution in [2.75, 3.05) is 6.54 Å². The molecule has 120 valence electrons. The normalized spacial score (nSPS) is 15.6. The highest BCUT2D eigenvalue weighted by atomic mass is 16.4. The average Bonchev–Trinajstić information content (AvgIpc) is 3.17. The third kappa shape index (κ3) is 4.86. The lowest BCUT2D eigenvalue weighted by Gasteiger charge is -2.26. The first-order valence-electron chi connectivity index (χ1n) is 7.94. The number of carboxylic acids is 1. The van der Waals surface area contributed by atoms with E-state index < -0.39 is 5.97 Å². The summed E-state index contributed by atoms with van der Waals surface area (Å²) in [5.41, 5.74) is 0.828. The Labute approximate surface area is 132 Å². The van der Waals surface area contributed by atoms with Gasteiger partial charge >= 0.3 is 5.97 Å². The predicted octanol–water partition coefficient (Wildman–Crippen LogP) is 3.32. The Bertz CT molecular complexity index is 520. The molecule has 0 bridgehead atoms. The minimum Gasteiger partial charge on any atom is -0.481 e. The maximum Gasteiger partial charge on any atom is 0.303 e. The van der Waals surface area contributed by atoms with Gasteiger partial charge in [0.15, 0.2) is 0 Å². The van der Waals surface area contributed by atoms with Crippen LogP contribution in [-0.2, 0) is 16.1 Å². The van der Waals surface area contributed by atoms with Gasteiger partial charge in [0, 0.05) is 19.5 Å². The number of nitrogens with zero attached hydrogens (tertiary/aromatic N) is 1. The number of hydrogen-bond donors (Lipinski definition) is 1. The standard InChI is InChI=1S/C18H25NO3/c1-14(2)12-19(13-15-6-4-3-5-7-15)16(20)10-18(8-9-18)11-17(21)22/h3-7,14H,8-13H2,1-2H3,(H,21,22). The number of rotatable bonds is 8. The second-order valence-corrected chi connectivity index (χ2v) is 6.90. The topological polar surface area (TPSA) is 57.6 Å². The van der Waals surface area contributed by atoms with Gasteiger partial charge in [-0.1, -0.05) is 44.2 Å². The van der Waals surface area contributed by atoms with Crippen molar-refractivity contribution < 1.29 is 14.7 Å². The zero-order chi connectivity index (χ0) is 16.2. The summed E-state index contributed by atoms with van der Waals surface area (Å²) in [6.45, 7) is 5.49. The Morgan fingerprint density at radius 1 is 1.18 bits per heavy atom. The number of amides is 1. The molecule has 1 aliphatic carbocycles. The zero-order valence-corrected chi connectivity index (χ0v) is 13.4. The summed E-state index contributed by atoms with van der Waals surface area (Å²) in [7, 11) is 0. The van der Waals surface area contributed by atoms with Gasteiger partial charge in [-0.15, -0.1) is 0 Å². The van der Waals surface area contributed by atoms with Crippen LogP contribution in [0.1, 0.15) is 45.1 Å². The van der Waals surface area contributed by atoms with Gasteiger partial charge in [-0.05, 0) is 29.7 Å². The lowest BCUT2D eigenvalue weighted by molar-refractivity contribution is -0.139. The van der Waals surface area contributed by atoms with Crippen LogP contribution in [0.25, 0.3) is 0 Å². The first-order valence-corrected chi connectivity index (χ1v) is 7.94. The SMILES string of the molecule is CC(C)CN(Cc1ccccc1)C(=O)CC1(CC(=O)O)CC1. The van der Waals surface area contributed by atoms with Gasteiger partial charge in [0.1, 0.15) is 0 Å². The summed E-state index contributed by atoms with van der Waals surface area (Å²) in [6, 6.07) is 9.94. The fourth-order valence-electron chi connectivity index (χ4n) is 2.85. The quantitative estimate of drug-likeness (QED) is 0.801. The van der Waals surface area contributed by atoms with Crippen LogP contribution in [-0.4, -0.2) is 28.4 Å². The van der Waals surface area contributed by atoms with Crippen molar-refractivity contribution >= 4 is 11.9 Å². The smallest absolute Gasteiger partial charge is 0.303 e. The minimum atomic E-state index is -0.802. The molecule has 1 aliphatic rings. The predicted molar refractivity (Wildman–Crippen MR) is 85.2 cm³/mol. The monoisotopic (exact) mass is 303 g/mol. The Balaban J connectivity index is 2.02. The van der Waals surface area contributed by atoms with Crippen LogP contribution in [0.15, 0.2) is 30.3 Å². The molecule has 0 unspecified atom stereocenters. The molecular formula is C18H25NO3. The van der Waals surface area contributed by atoms with Gasteiger partial charge in [0.2, 0.25) is 5.91 Å². The van der Waals surface area contributed by atoms with E-state index in [0.717, 1.165) is 18.4 Å². The fraction of sp³-hybridized carbons (Fsp3) is 0.556. The molecule has 1 aromatic rings. The number of hydrogen-bond acceptors (Lipinski definition) is 2. The maximum atomic E-state index is 12.7. The molecule has 1 N–H and O–H groups in total. The van der Waals surface area contributed by atoms with Crippen LogP contribution in [0.4, 0.5) is 0 Å². The van der Waals surface area contributed by atoms with Gasteiger partial charge in [-0.25, -0.2) is 0 Å². The highest BCUT2D eigenvalue weighted by Crippen LogP contribution is 2.52. The van der Waals surface area contributed by atoms with Crippen molar-refractivity contribution in [1.29, 1.82) is 0 Å². The van der Waals surface area contributed by atoms with Crippen molar-refractivity contribution in [3.63, 3.8) is 0 Å². The molecule has 0 saturated heterocycles. The molecule has 0 aliphatic heterocycles. The fourth-order valence-corrected chi connectivity index (χ4v) is 2.85. The molecule has 0 spiro atoms. The molecule has 4 heteroatoms. The summed E-state index contributed by atoms with van der Waals surface area (Å²) < 4.78 is 0. The van der Waals surface area contributed by atoms with Gasteiger partial charge in [0.25, 0.3) is 0 Å². The minimum absolute atomic E-state index is 0.0799.